The van der Waals surface area contributed by atoms with E-state index < -0.39 is 6.10 Å². The molecule has 0 aliphatic carbocycles. The molecule has 4 atom stereocenters. The fourth-order valence-electron chi connectivity index (χ4n) is 3.92. The topological polar surface area (TPSA) is 59.0 Å². The average molecular weight is 359 g/mol. The molecule has 0 radical (unpaired) electrons. The minimum absolute atomic E-state index is 0.00760. The van der Waals surface area contributed by atoms with E-state index in [9.17, 15) is 4.79 Å². The zero-order valence-corrected chi connectivity index (χ0v) is 15.7. The van der Waals surface area contributed by atoms with Crippen LogP contribution in [0.1, 0.15) is 43.9 Å². The number of hydrogen-bond acceptors (Lipinski definition) is 4. The zero-order valence-electron chi connectivity index (χ0n) is 15.7. The van der Waals surface area contributed by atoms with Crippen molar-refractivity contribution in [3.8, 4) is 0 Å². The number of benzene rings is 1. The Hall–Kier alpha value is -1.69. The van der Waals surface area contributed by atoms with Gasteiger partial charge >= 0.3 is 0 Å². The van der Waals surface area contributed by atoms with E-state index in [4.69, 9.17) is 14.6 Å². The number of hydrogen-bond donors (Lipinski definition) is 1. The second kappa shape index (κ2) is 8.33. The summed E-state index contributed by atoms with van der Waals surface area (Å²) in [6.07, 6.45) is 1.58. The molecule has 1 N–H and O–H groups in total. The van der Waals surface area contributed by atoms with Crippen LogP contribution in [-0.4, -0.2) is 54.0 Å². The largest absolute Gasteiger partial charge is 0.394 e. The lowest BCUT2D eigenvalue weighted by molar-refractivity contribution is -0.159. The quantitative estimate of drug-likeness (QED) is 0.821. The number of amides is 1. The summed E-state index contributed by atoms with van der Waals surface area (Å²) < 4.78 is 11.5. The van der Waals surface area contributed by atoms with Crippen molar-refractivity contribution in [1.82, 2.24) is 4.90 Å². The lowest BCUT2D eigenvalue weighted by Crippen LogP contribution is -2.48. The molecule has 1 aromatic rings. The molecule has 0 bridgehead atoms. The number of ether oxygens (including phenoxy) is 2. The molecule has 5 nitrogen and oxygen atoms in total. The van der Waals surface area contributed by atoms with Crippen LogP contribution in [-0.2, 0) is 20.7 Å². The Morgan fingerprint density at radius 1 is 1.42 bits per heavy atom. The van der Waals surface area contributed by atoms with E-state index in [1.165, 1.54) is 11.1 Å². The van der Waals surface area contributed by atoms with Crippen LogP contribution in [0.25, 0.3) is 0 Å². The predicted octanol–water partition coefficient (Wildman–Crippen LogP) is 2.63. The van der Waals surface area contributed by atoms with E-state index in [-0.39, 0.29) is 30.8 Å². The monoisotopic (exact) mass is 359 g/mol. The Balaban J connectivity index is 1.67. The minimum atomic E-state index is -0.425. The van der Waals surface area contributed by atoms with Gasteiger partial charge < -0.3 is 19.5 Å². The second-order valence-corrected chi connectivity index (χ2v) is 7.38. The highest BCUT2D eigenvalue weighted by Gasteiger charge is 2.37. The molecule has 0 aromatic heterocycles. The fourth-order valence-corrected chi connectivity index (χ4v) is 3.92. The third kappa shape index (κ3) is 4.00. The molecule has 2 heterocycles. The summed E-state index contributed by atoms with van der Waals surface area (Å²) in [5, 5.41) is 9.10. The van der Waals surface area contributed by atoms with Crippen LogP contribution in [0.15, 0.2) is 36.4 Å². The van der Waals surface area contributed by atoms with Crippen molar-refractivity contribution >= 4 is 5.91 Å². The first kappa shape index (κ1) is 19.1. The van der Waals surface area contributed by atoms with E-state index in [1.807, 2.05) is 30.9 Å². The van der Waals surface area contributed by atoms with E-state index in [0.717, 1.165) is 18.4 Å². The average Bonchev–Trinajstić information content (AvgIpc) is 2.66. The van der Waals surface area contributed by atoms with E-state index >= 15 is 0 Å². The molecular weight excluding hydrogens is 330 g/mol. The first-order valence-electron chi connectivity index (χ1n) is 9.42. The van der Waals surface area contributed by atoms with E-state index in [2.05, 4.69) is 18.7 Å². The molecule has 142 valence electrons. The maximum Gasteiger partial charge on any atom is 0.252 e. The number of carbonyl (C=O) groups excluding carboxylic acids is 1. The van der Waals surface area contributed by atoms with Gasteiger partial charge in [0.25, 0.3) is 5.91 Å². The Morgan fingerprint density at radius 3 is 2.85 bits per heavy atom. The van der Waals surface area contributed by atoms with E-state index in [0.29, 0.717) is 19.6 Å². The number of carbonyl (C=O) groups is 1. The van der Waals surface area contributed by atoms with Gasteiger partial charge in [-0.05, 0) is 44.2 Å². The fraction of sp³-hybridized carbons (Fsp3) is 0.571. The third-order valence-corrected chi connectivity index (χ3v) is 5.22. The van der Waals surface area contributed by atoms with Crippen LogP contribution < -0.4 is 0 Å². The summed E-state index contributed by atoms with van der Waals surface area (Å²) in [5.74, 6) is 0.0427. The molecule has 5 heteroatoms. The van der Waals surface area contributed by atoms with Crippen molar-refractivity contribution in [3.63, 3.8) is 0 Å². The molecule has 3 rings (SSSR count). The Kier molecular flexibility index (Phi) is 6.12. The van der Waals surface area contributed by atoms with Gasteiger partial charge in [-0.2, -0.15) is 0 Å². The molecular formula is C21H29NO4. The highest BCUT2D eigenvalue weighted by Crippen LogP contribution is 2.35. The lowest BCUT2D eigenvalue weighted by atomic mass is 9.88. The van der Waals surface area contributed by atoms with Crippen LogP contribution >= 0.6 is 0 Å². The normalized spacial score (nSPS) is 26.9. The molecule has 0 saturated carbocycles. The molecule has 1 unspecified atom stereocenters. The molecule has 1 saturated heterocycles. The number of aliphatic hydroxyl groups is 1. The van der Waals surface area contributed by atoms with Crippen LogP contribution in [0.5, 0.6) is 0 Å². The summed E-state index contributed by atoms with van der Waals surface area (Å²) in [5.41, 5.74) is 3.44. The van der Waals surface area contributed by atoms with Crippen molar-refractivity contribution < 1.29 is 19.4 Å². The highest BCUT2D eigenvalue weighted by molar-refractivity contribution is 5.82. The van der Waals surface area contributed by atoms with Crippen LogP contribution in [0.4, 0.5) is 0 Å². The third-order valence-electron chi connectivity index (χ3n) is 5.22. The van der Waals surface area contributed by atoms with Crippen molar-refractivity contribution in [2.75, 3.05) is 19.8 Å². The van der Waals surface area contributed by atoms with Crippen molar-refractivity contribution in [2.24, 2.45) is 0 Å². The molecule has 0 spiro atoms. The Labute approximate surface area is 155 Å². The SMILES string of the molecule is C=C(C)[C@H]1c2ccccc2CCN1C(=O)[C@H]1CCC(O[C@H](C)CO)CO1. The maximum absolute atomic E-state index is 13.1. The zero-order chi connectivity index (χ0) is 18.7. The van der Waals surface area contributed by atoms with Crippen molar-refractivity contribution in [1.29, 1.82) is 0 Å². The van der Waals surface area contributed by atoms with Gasteiger partial charge in [-0.3, -0.25) is 4.79 Å². The highest BCUT2D eigenvalue weighted by atomic mass is 16.6. The summed E-state index contributed by atoms with van der Waals surface area (Å²) in [4.78, 5) is 15.1. The smallest absolute Gasteiger partial charge is 0.252 e. The lowest BCUT2D eigenvalue weighted by Gasteiger charge is -2.40. The van der Waals surface area contributed by atoms with Gasteiger partial charge in [0.1, 0.15) is 6.10 Å². The van der Waals surface area contributed by atoms with Crippen molar-refractivity contribution in [3.05, 3.63) is 47.5 Å². The van der Waals surface area contributed by atoms with Gasteiger partial charge in [-0.1, -0.05) is 36.4 Å². The molecule has 1 fully saturated rings. The summed E-state index contributed by atoms with van der Waals surface area (Å²) >= 11 is 0. The van der Waals surface area contributed by atoms with Crippen molar-refractivity contribution in [2.45, 2.75) is 57.5 Å². The van der Waals surface area contributed by atoms with Gasteiger partial charge in [-0.25, -0.2) is 0 Å². The number of aliphatic hydroxyl groups excluding tert-OH is 1. The Morgan fingerprint density at radius 2 is 2.19 bits per heavy atom. The first-order valence-corrected chi connectivity index (χ1v) is 9.42. The van der Waals surface area contributed by atoms with Gasteiger partial charge in [0, 0.05) is 6.54 Å². The van der Waals surface area contributed by atoms with Gasteiger partial charge in [0.15, 0.2) is 0 Å². The number of nitrogens with zero attached hydrogens (tertiary/aromatic N) is 1. The van der Waals surface area contributed by atoms with Gasteiger partial charge in [-0.15, -0.1) is 0 Å². The molecule has 26 heavy (non-hydrogen) atoms. The summed E-state index contributed by atoms with van der Waals surface area (Å²) in [6, 6.07) is 8.21. The maximum atomic E-state index is 13.1. The van der Waals surface area contributed by atoms with Crippen LogP contribution in [0, 0.1) is 0 Å². The van der Waals surface area contributed by atoms with Crippen LogP contribution in [0.3, 0.4) is 0 Å². The van der Waals surface area contributed by atoms with E-state index in [1.54, 1.807) is 0 Å². The summed E-state index contributed by atoms with van der Waals surface area (Å²) in [7, 11) is 0. The molecule has 2 aliphatic rings. The standard InChI is InChI=1S/C21H29NO4/c1-14(2)20-18-7-5-4-6-16(18)10-11-22(20)21(24)19-9-8-17(13-25-19)26-15(3)12-23/h4-7,15,17,19-20,23H,1,8-13H2,2-3H3/t15-,17?,19-,20+/m1/s1. The van der Waals surface area contributed by atoms with Gasteiger partial charge in [0.2, 0.25) is 0 Å². The molecule has 2 aliphatic heterocycles. The number of rotatable bonds is 5. The van der Waals surface area contributed by atoms with Crippen LogP contribution in [0.2, 0.25) is 0 Å². The second-order valence-electron chi connectivity index (χ2n) is 7.38. The molecule has 1 amide bonds. The minimum Gasteiger partial charge on any atom is -0.394 e. The predicted molar refractivity (Wildman–Crippen MR) is 99.8 cm³/mol. The Bertz CT molecular complexity index is 651. The summed E-state index contributed by atoms with van der Waals surface area (Å²) in [6.45, 7) is 9.02. The number of fused-ring (bicyclic) bond motifs is 1. The van der Waals surface area contributed by atoms with Gasteiger partial charge in [0.05, 0.1) is 31.5 Å². The first-order chi connectivity index (χ1) is 12.5. The molecule has 1 aromatic carbocycles.